The molecule has 9 heteroatoms. The molecule has 2 N–H and O–H groups in total. The second-order valence-corrected chi connectivity index (χ2v) is 5.89. The van der Waals surface area contributed by atoms with Crippen molar-refractivity contribution >= 4 is 28.6 Å². The molecule has 2 aromatic rings. The molecular formula is C13H14ClFN6O. The summed E-state index contributed by atoms with van der Waals surface area (Å²) in [4.78, 5) is 20.8. The molecule has 3 heterocycles. The number of carbonyl (C=O) groups is 1. The van der Waals surface area contributed by atoms with Crippen LogP contribution in [-0.2, 0) is 12.1 Å². The first-order valence-corrected chi connectivity index (χ1v) is 6.99. The Balaban J connectivity index is 1.97. The van der Waals surface area contributed by atoms with Crippen LogP contribution in [0.5, 0.6) is 0 Å². The summed E-state index contributed by atoms with van der Waals surface area (Å²) in [5, 5.41) is 9.32. The first-order chi connectivity index (χ1) is 10.3. The number of nitrogens with one attached hydrogen (secondary N) is 2. The Morgan fingerprint density at radius 3 is 2.91 bits per heavy atom. The summed E-state index contributed by atoms with van der Waals surface area (Å²) in [5.41, 5.74) is 0.908. The van der Waals surface area contributed by atoms with Crippen LogP contribution >= 0.6 is 11.6 Å². The number of anilines is 2. The molecule has 7 nitrogen and oxygen atoms in total. The van der Waals surface area contributed by atoms with Gasteiger partial charge in [-0.1, -0.05) is 0 Å². The monoisotopic (exact) mass is 324 g/mol. The van der Waals surface area contributed by atoms with E-state index < -0.39 is 16.7 Å². The van der Waals surface area contributed by atoms with Crippen molar-refractivity contribution in [1.82, 2.24) is 25.1 Å². The predicted molar refractivity (Wildman–Crippen MR) is 78.4 cm³/mol. The van der Waals surface area contributed by atoms with Gasteiger partial charge in [-0.05, 0) is 32.4 Å². The van der Waals surface area contributed by atoms with Crippen LogP contribution in [0.1, 0.15) is 30.9 Å². The van der Waals surface area contributed by atoms with Crippen molar-refractivity contribution in [2.75, 3.05) is 5.32 Å². The van der Waals surface area contributed by atoms with Crippen molar-refractivity contribution in [1.29, 1.82) is 0 Å². The second-order valence-electron chi connectivity index (χ2n) is 5.56. The van der Waals surface area contributed by atoms with E-state index in [-0.39, 0.29) is 12.4 Å². The van der Waals surface area contributed by atoms with Gasteiger partial charge in [0.2, 0.25) is 0 Å². The fraction of sp³-hybridized carbons (Fsp3) is 0.385. The Kier molecular flexibility index (Phi) is 3.28. The van der Waals surface area contributed by atoms with Crippen LogP contribution in [0.25, 0.3) is 0 Å². The highest BCUT2D eigenvalue weighted by Gasteiger charge is 2.43. The summed E-state index contributed by atoms with van der Waals surface area (Å²) in [6.45, 7) is 5.67. The number of H-pyrrole nitrogens is 1. The van der Waals surface area contributed by atoms with E-state index in [1.54, 1.807) is 6.92 Å². The topological polar surface area (TPSA) is 86.8 Å². The Labute approximate surface area is 130 Å². The average Bonchev–Trinajstić information content (AvgIpc) is 2.94. The first-order valence-electron chi connectivity index (χ1n) is 6.61. The van der Waals surface area contributed by atoms with Gasteiger partial charge < -0.3 is 10.2 Å². The zero-order valence-corrected chi connectivity index (χ0v) is 13.0. The molecule has 0 atom stereocenters. The molecule has 22 heavy (non-hydrogen) atoms. The lowest BCUT2D eigenvalue weighted by atomic mass is 10.0. The van der Waals surface area contributed by atoms with Gasteiger partial charge in [-0.25, -0.2) is 14.4 Å². The maximum absolute atomic E-state index is 13.8. The van der Waals surface area contributed by atoms with Gasteiger partial charge in [0.15, 0.2) is 17.5 Å². The smallest absolute Gasteiger partial charge is 0.317 e. The van der Waals surface area contributed by atoms with Gasteiger partial charge in [0.25, 0.3) is 0 Å². The number of halogens is 2. The van der Waals surface area contributed by atoms with Gasteiger partial charge >= 0.3 is 5.37 Å². The zero-order chi connectivity index (χ0) is 16.1. The highest BCUT2D eigenvalue weighted by Crippen LogP contribution is 2.41. The molecule has 0 aromatic carbocycles. The molecule has 0 spiro atoms. The zero-order valence-electron chi connectivity index (χ0n) is 12.2. The number of hydrogen-bond acceptors (Lipinski definition) is 5. The minimum atomic E-state index is -0.610. The van der Waals surface area contributed by atoms with Crippen molar-refractivity contribution in [2.24, 2.45) is 0 Å². The van der Waals surface area contributed by atoms with Crippen molar-refractivity contribution in [3.8, 4) is 0 Å². The molecule has 2 aromatic heterocycles. The van der Waals surface area contributed by atoms with Crippen LogP contribution in [0.4, 0.5) is 20.8 Å². The summed E-state index contributed by atoms with van der Waals surface area (Å²) < 4.78 is 13.8. The van der Waals surface area contributed by atoms with E-state index in [2.05, 4.69) is 25.5 Å². The standard InChI is InChI=1S/C13H14ClFN6O/c1-6-16-4-8(15)11(17-6)18-10-7-5-21(12(14)22)13(2,3)9(7)19-20-10/h4H,5H2,1-3H3,(H2,16,17,18,19,20). The predicted octanol–water partition coefficient (Wildman–Crippen LogP) is 2.80. The highest BCUT2D eigenvalue weighted by atomic mass is 35.5. The van der Waals surface area contributed by atoms with E-state index in [1.807, 2.05) is 13.8 Å². The molecule has 3 rings (SSSR count). The number of amides is 1. The quantitative estimate of drug-likeness (QED) is 0.655. The van der Waals surface area contributed by atoms with Crippen molar-refractivity contribution in [3.05, 3.63) is 29.1 Å². The number of hydrogen-bond donors (Lipinski definition) is 2. The maximum Gasteiger partial charge on any atom is 0.317 e. The average molecular weight is 325 g/mol. The summed E-state index contributed by atoms with van der Waals surface area (Å²) in [7, 11) is 0. The SMILES string of the molecule is Cc1ncc(F)c(Nc2n[nH]c3c2CN(C(=O)Cl)C3(C)C)n1. The number of aromatic nitrogens is 4. The molecule has 0 saturated carbocycles. The number of aromatic amines is 1. The van der Waals surface area contributed by atoms with Crippen LogP contribution in [0.2, 0.25) is 0 Å². The number of fused-ring (bicyclic) bond motifs is 1. The minimum absolute atomic E-state index is 0.0373. The molecule has 1 amide bonds. The van der Waals surface area contributed by atoms with E-state index in [9.17, 15) is 9.18 Å². The van der Waals surface area contributed by atoms with Crippen LogP contribution in [0.3, 0.4) is 0 Å². The van der Waals surface area contributed by atoms with E-state index >= 15 is 0 Å². The summed E-state index contributed by atoms with van der Waals surface area (Å²) in [6, 6.07) is 0. The van der Waals surface area contributed by atoms with Crippen LogP contribution in [0, 0.1) is 12.7 Å². The van der Waals surface area contributed by atoms with Gasteiger partial charge in [0.05, 0.1) is 24.0 Å². The van der Waals surface area contributed by atoms with E-state index in [0.29, 0.717) is 11.6 Å². The maximum atomic E-state index is 13.8. The third-order valence-corrected chi connectivity index (χ3v) is 3.99. The molecule has 0 aliphatic carbocycles. The molecule has 0 unspecified atom stereocenters. The summed E-state index contributed by atoms with van der Waals surface area (Å²) in [5.74, 6) is 0.314. The number of carbonyl (C=O) groups excluding carboxylic acids is 1. The number of aryl methyl sites for hydroxylation is 1. The molecule has 0 saturated heterocycles. The lowest BCUT2D eigenvalue weighted by Crippen LogP contribution is -2.37. The van der Waals surface area contributed by atoms with Crippen molar-refractivity contribution in [3.63, 3.8) is 0 Å². The number of nitrogens with zero attached hydrogens (tertiary/aromatic N) is 4. The van der Waals surface area contributed by atoms with Gasteiger partial charge in [-0.3, -0.25) is 9.89 Å². The van der Waals surface area contributed by atoms with Crippen LogP contribution in [0.15, 0.2) is 6.20 Å². The van der Waals surface area contributed by atoms with Crippen molar-refractivity contribution < 1.29 is 9.18 Å². The van der Waals surface area contributed by atoms with Gasteiger partial charge in [0, 0.05) is 5.56 Å². The van der Waals surface area contributed by atoms with Crippen molar-refractivity contribution in [2.45, 2.75) is 32.9 Å². The Bertz CT molecular complexity index is 759. The summed E-state index contributed by atoms with van der Waals surface area (Å²) >= 11 is 5.63. The summed E-state index contributed by atoms with van der Waals surface area (Å²) in [6.07, 6.45) is 1.09. The highest BCUT2D eigenvalue weighted by molar-refractivity contribution is 6.62. The molecule has 0 radical (unpaired) electrons. The normalized spacial score (nSPS) is 15.8. The fourth-order valence-electron chi connectivity index (χ4n) is 2.56. The van der Waals surface area contributed by atoms with Gasteiger partial charge in [-0.15, -0.1) is 0 Å². The number of rotatable bonds is 2. The third kappa shape index (κ3) is 2.19. The molecule has 0 bridgehead atoms. The molecule has 0 fully saturated rings. The molecule has 116 valence electrons. The van der Waals surface area contributed by atoms with Crippen LogP contribution in [-0.4, -0.2) is 30.4 Å². The largest absolute Gasteiger partial charge is 0.321 e. The molecule has 1 aliphatic heterocycles. The Morgan fingerprint density at radius 1 is 1.50 bits per heavy atom. The van der Waals surface area contributed by atoms with Gasteiger partial charge in [0.1, 0.15) is 5.82 Å². The van der Waals surface area contributed by atoms with E-state index in [0.717, 1.165) is 17.5 Å². The van der Waals surface area contributed by atoms with E-state index in [1.165, 1.54) is 4.90 Å². The fourth-order valence-corrected chi connectivity index (χ4v) is 2.83. The molecule has 1 aliphatic rings. The van der Waals surface area contributed by atoms with E-state index in [4.69, 9.17) is 11.6 Å². The Hall–Kier alpha value is -2.22. The third-order valence-electron chi connectivity index (χ3n) is 3.78. The van der Waals surface area contributed by atoms with Gasteiger partial charge in [-0.2, -0.15) is 5.10 Å². The Morgan fingerprint density at radius 2 is 2.23 bits per heavy atom. The second kappa shape index (κ2) is 4.91. The van der Waals surface area contributed by atoms with Crippen LogP contribution < -0.4 is 5.32 Å². The minimum Gasteiger partial charge on any atom is -0.321 e. The first kappa shape index (κ1) is 14.7. The lowest BCUT2D eigenvalue weighted by molar-refractivity contribution is 0.164. The molecular weight excluding hydrogens is 311 g/mol. The lowest BCUT2D eigenvalue weighted by Gasteiger charge is -2.29.